The van der Waals surface area contributed by atoms with Crippen LogP contribution in [0.4, 0.5) is 0 Å². The Morgan fingerprint density at radius 1 is 1.78 bits per heavy atom. The summed E-state index contributed by atoms with van der Waals surface area (Å²) in [6.07, 6.45) is 0.0440. The van der Waals surface area contributed by atoms with E-state index < -0.39 is 0 Å². The number of hydrogen-bond acceptors (Lipinski definition) is 3. The van der Waals surface area contributed by atoms with E-state index in [1.165, 1.54) is 0 Å². The third kappa shape index (κ3) is 1.11. The standard InChI is InChI=1S/C6H11NO2/c1-4-6(7-2)5(8)3-9-4/h4,6-7H,3H2,1-2H3/t4-,6+/m0/s1. The lowest BCUT2D eigenvalue weighted by molar-refractivity contribution is -0.119. The molecule has 0 unspecified atom stereocenters. The summed E-state index contributed by atoms with van der Waals surface area (Å²) in [4.78, 5) is 10.8. The minimum atomic E-state index is -0.0787. The first-order valence-corrected chi connectivity index (χ1v) is 3.07. The molecule has 9 heavy (non-hydrogen) atoms. The molecule has 52 valence electrons. The summed E-state index contributed by atoms with van der Waals surface area (Å²) in [5.74, 6) is 0.157. The molecule has 1 heterocycles. The van der Waals surface area contributed by atoms with Crippen LogP contribution in [0.3, 0.4) is 0 Å². The number of likely N-dealkylation sites (N-methyl/N-ethyl adjacent to an activating group) is 1. The summed E-state index contributed by atoms with van der Waals surface area (Å²) in [6.45, 7) is 2.17. The number of rotatable bonds is 1. The molecular formula is C6H11NO2. The van der Waals surface area contributed by atoms with Crippen molar-refractivity contribution in [1.82, 2.24) is 5.32 Å². The summed E-state index contributed by atoms with van der Waals surface area (Å²) in [5.41, 5.74) is 0. The van der Waals surface area contributed by atoms with Crippen LogP contribution in [-0.4, -0.2) is 31.6 Å². The van der Waals surface area contributed by atoms with E-state index in [0.29, 0.717) is 0 Å². The van der Waals surface area contributed by atoms with Gasteiger partial charge in [0.2, 0.25) is 0 Å². The molecular weight excluding hydrogens is 118 g/mol. The first kappa shape index (κ1) is 6.71. The van der Waals surface area contributed by atoms with Gasteiger partial charge in [-0.3, -0.25) is 4.79 Å². The van der Waals surface area contributed by atoms with Crippen LogP contribution in [0.1, 0.15) is 6.92 Å². The lowest BCUT2D eigenvalue weighted by Gasteiger charge is -2.09. The van der Waals surface area contributed by atoms with Crippen molar-refractivity contribution in [2.45, 2.75) is 19.1 Å². The number of ether oxygens (including phenoxy) is 1. The molecule has 0 aromatic rings. The van der Waals surface area contributed by atoms with E-state index in [1.807, 2.05) is 6.92 Å². The Morgan fingerprint density at radius 3 is 2.67 bits per heavy atom. The maximum absolute atomic E-state index is 10.8. The second-order valence-corrected chi connectivity index (χ2v) is 2.25. The van der Waals surface area contributed by atoms with Gasteiger partial charge in [0.25, 0.3) is 0 Å². The van der Waals surface area contributed by atoms with Crippen LogP contribution in [-0.2, 0) is 9.53 Å². The fourth-order valence-corrected chi connectivity index (χ4v) is 1.06. The Bertz CT molecular complexity index is 124. The molecule has 0 radical (unpaired) electrons. The Morgan fingerprint density at radius 2 is 2.44 bits per heavy atom. The molecule has 0 aromatic carbocycles. The predicted octanol–water partition coefficient (Wildman–Crippen LogP) is -0.438. The molecule has 0 amide bonds. The van der Waals surface area contributed by atoms with Crippen LogP contribution in [0.5, 0.6) is 0 Å². The zero-order chi connectivity index (χ0) is 6.85. The monoisotopic (exact) mass is 129 g/mol. The van der Waals surface area contributed by atoms with Crippen molar-refractivity contribution in [1.29, 1.82) is 0 Å². The van der Waals surface area contributed by atoms with Gasteiger partial charge in [-0.1, -0.05) is 0 Å². The number of carbonyl (C=O) groups excluding carboxylic acids is 1. The van der Waals surface area contributed by atoms with E-state index in [4.69, 9.17) is 4.74 Å². The number of ketones is 1. The first-order valence-electron chi connectivity index (χ1n) is 3.07. The smallest absolute Gasteiger partial charge is 0.177 e. The molecule has 0 spiro atoms. The minimum absolute atomic E-state index is 0.0440. The molecule has 1 rings (SSSR count). The maximum atomic E-state index is 10.8. The van der Waals surface area contributed by atoms with Gasteiger partial charge in [0.1, 0.15) is 6.61 Å². The zero-order valence-electron chi connectivity index (χ0n) is 5.68. The summed E-state index contributed by atoms with van der Waals surface area (Å²) >= 11 is 0. The number of carbonyl (C=O) groups is 1. The average molecular weight is 129 g/mol. The summed E-state index contributed by atoms with van der Waals surface area (Å²) < 4.78 is 5.06. The number of Topliss-reactive ketones (excluding diaryl/α,β-unsaturated/α-hetero) is 1. The molecule has 0 bridgehead atoms. The van der Waals surface area contributed by atoms with Gasteiger partial charge < -0.3 is 10.1 Å². The highest BCUT2D eigenvalue weighted by Crippen LogP contribution is 2.07. The minimum Gasteiger partial charge on any atom is -0.369 e. The quantitative estimate of drug-likeness (QED) is 0.521. The van der Waals surface area contributed by atoms with Gasteiger partial charge in [-0.2, -0.15) is 0 Å². The second-order valence-electron chi connectivity index (χ2n) is 2.25. The molecule has 3 heteroatoms. The largest absolute Gasteiger partial charge is 0.369 e. The van der Waals surface area contributed by atoms with E-state index in [1.54, 1.807) is 7.05 Å². The van der Waals surface area contributed by atoms with E-state index in [9.17, 15) is 4.79 Å². The molecule has 1 aliphatic rings. The van der Waals surface area contributed by atoms with Crippen molar-refractivity contribution < 1.29 is 9.53 Å². The van der Waals surface area contributed by atoms with Crippen LogP contribution >= 0.6 is 0 Å². The third-order valence-corrected chi connectivity index (χ3v) is 1.62. The van der Waals surface area contributed by atoms with E-state index >= 15 is 0 Å². The van der Waals surface area contributed by atoms with Gasteiger partial charge in [-0.05, 0) is 14.0 Å². The lowest BCUT2D eigenvalue weighted by atomic mass is 10.1. The fourth-order valence-electron chi connectivity index (χ4n) is 1.06. The summed E-state index contributed by atoms with van der Waals surface area (Å²) in [6, 6.07) is -0.0787. The molecule has 0 saturated carbocycles. The highest BCUT2D eigenvalue weighted by atomic mass is 16.5. The lowest BCUT2D eigenvalue weighted by Crippen LogP contribution is -2.37. The Hall–Kier alpha value is -0.410. The SMILES string of the molecule is CN[C@H]1C(=O)CO[C@H]1C. The summed E-state index contributed by atoms with van der Waals surface area (Å²) in [5, 5.41) is 2.89. The van der Waals surface area contributed by atoms with Gasteiger partial charge in [0.15, 0.2) is 5.78 Å². The van der Waals surface area contributed by atoms with Crippen LogP contribution in [0.2, 0.25) is 0 Å². The molecule has 0 aromatic heterocycles. The average Bonchev–Trinajstić information content (AvgIpc) is 2.12. The van der Waals surface area contributed by atoms with Crippen molar-refractivity contribution in [2.75, 3.05) is 13.7 Å². The molecule has 1 saturated heterocycles. The van der Waals surface area contributed by atoms with Crippen LogP contribution < -0.4 is 5.32 Å². The van der Waals surface area contributed by atoms with Gasteiger partial charge >= 0.3 is 0 Å². The highest BCUT2D eigenvalue weighted by molar-refractivity contribution is 5.87. The molecule has 0 aliphatic carbocycles. The van der Waals surface area contributed by atoms with Gasteiger partial charge in [-0.25, -0.2) is 0 Å². The van der Waals surface area contributed by atoms with E-state index in [0.717, 1.165) is 0 Å². The number of hydrogen-bond donors (Lipinski definition) is 1. The van der Waals surface area contributed by atoms with Gasteiger partial charge in [-0.15, -0.1) is 0 Å². The Kier molecular flexibility index (Phi) is 1.83. The van der Waals surface area contributed by atoms with Crippen molar-refractivity contribution in [3.8, 4) is 0 Å². The first-order chi connectivity index (χ1) is 4.25. The van der Waals surface area contributed by atoms with Gasteiger partial charge in [0.05, 0.1) is 12.1 Å². The normalized spacial score (nSPS) is 35.6. The van der Waals surface area contributed by atoms with E-state index in [2.05, 4.69) is 5.32 Å². The Balaban J connectivity index is 2.55. The molecule has 1 aliphatic heterocycles. The molecule has 3 nitrogen and oxygen atoms in total. The van der Waals surface area contributed by atoms with Crippen LogP contribution in [0, 0.1) is 0 Å². The number of nitrogens with one attached hydrogen (secondary N) is 1. The Labute approximate surface area is 54.4 Å². The predicted molar refractivity (Wildman–Crippen MR) is 33.3 cm³/mol. The van der Waals surface area contributed by atoms with E-state index in [-0.39, 0.29) is 24.5 Å². The van der Waals surface area contributed by atoms with Crippen molar-refractivity contribution in [3.05, 3.63) is 0 Å². The van der Waals surface area contributed by atoms with Crippen LogP contribution in [0.15, 0.2) is 0 Å². The maximum Gasteiger partial charge on any atom is 0.177 e. The zero-order valence-corrected chi connectivity index (χ0v) is 5.68. The third-order valence-electron chi connectivity index (χ3n) is 1.62. The van der Waals surface area contributed by atoms with Crippen molar-refractivity contribution in [2.24, 2.45) is 0 Å². The topological polar surface area (TPSA) is 38.3 Å². The highest BCUT2D eigenvalue weighted by Gasteiger charge is 2.30. The van der Waals surface area contributed by atoms with Gasteiger partial charge in [0, 0.05) is 0 Å². The fraction of sp³-hybridized carbons (Fsp3) is 0.833. The molecule has 2 atom stereocenters. The van der Waals surface area contributed by atoms with Crippen molar-refractivity contribution in [3.63, 3.8) is 0 Å². The summed E-state index contributed by atoms with van der Waals surface area (Å²) in [7, 11) is 1.77. The second kappa shape index (κ2) is 2.45. The van der Waals surface area contributed by atoms with Crippen LogP contribution in [0.25, 0.3) is 0 Å². The van der Waals surface area contributed by atoms with Crippen molar-refractivity contribution >= 4 is 5.78 Å². The molecule has 1 N–H and O–H groups in total. The molecule has 1 fully saturated rings.